The molecular weight excluding hydrogens is 272 g/mol. The van der Waals surface area contributed by atoms with E-state index >= 15 is 0 Å². The maximum absolute atomic E-state index is 12.3. The molecule has 1 aromatic carbocycles. The highest BCUT2D eigenvalue weighted by Gasteiger charge is 2.18. The predicted molar refractivity (Wildman–Crippen MR) is 80.1 cm³/mol. The van der Waals surface area contributed by atoms with E-state index in [4.69, 9.17) is 5.73 Å². The van der Waals surface area contributed by atoms with Crippen LogP contribution in [0.4, 0.5) is 5.69 Å². The average Bonchev–Trinajstić information content (AvgIpc) is 3.00. The Bertz CT molecular complexity index is 760. The van der Waals surface area contributed by atoms with E-state index in [0.29, 0.717) is 11.4 Å². The molecule has 1 amide bonds. The summed E-state index contributed by atoms with van der Waals surface area (Å²) < 4.78 is 1.94. The summed E-state index contributed by atoms with van der Waals surface area (Å²) in [6.45, 7) is 2.31. The number of para-hydroxylation sites is 1. The third-order valence-corrected chi connectivity index (χ3v) is 4.26. The van der Waals surface area contributed by atoms with Gasteiger partial charge in [-0.3, -0.25) is 9.20 Å². The third-order valence-electron chi connectivity index (χ3n) is 3.11. The van der Waals surface area contributed by atoms with Crippen LogP contribution in [0.15, 0.2) is 36.5 Å². The Morgan fingerprint density at radius 3 is 2.85 bits per heavy atom. The summed E-state index contributed by atoms with van der Waals surface area (Å²) in [4.78, 5) is 18.1. The lowest BCUT2D eigenvalue weighted by molar-refractivity contribution is 0.102. The summed E-state index contributed by atoms with van der Waals surface area (Å²) >= 11 is 1.37. The quantitative estimate of drug-likeness (QED) is 0.776. The molecule has 0 aliphatic carbocycles. The first-order chi connectivity index (χ1) is 9.70. The molecule has 3 rings (SSSR count). The van der Waals surface area contributed by atoms with Crippen molar-refractivity contribution < 1.29 is 4.79 Å². The summed E-state index contributed by atoms with van der Waals surface area (Å²) in [6, 6.07) is 9.40. The van der Waals surface area contributed by atoms with Crippen molar-refractivity contribution in [3.8, 4) is 0 Å². The number of benzene rings is 1. The van der Waals surface area contributed by atoms with E-state index in [9.17, 15) is 4.79 Å². The fraction of sp³-hybridized carbons (Fsp3) is 0.143. The van der Waals surface area contributed by atoms with Gasteiger partial charge in [0.2, 0.25) is 0 Å². The van der Waals surface area contributed by atoms with Gasteiger partial charge in [-0.2, -0.15) is 0 Å². The molecule has 0 atom stereocenters. The number of rotatable bonds is 3. The van der Waals surface area contributed by atoms with Crippen LogP contribution < -0.4 is 11.1 Å². The predicted octanol–water partition coefficient (Wildman–Crippen LogP) is 2.42. The highest BCUT2D eigenvalue weighted by Crippen LogP contribution is 2.24. The van der Waals surface area contributed by atoms with E-state index in [2.05, 4.69) is 10.3 Å². The van der Waals surface area contributed by atoms with Crippen molar-refractivity contribution in [2.24, 2.45) is 5.73 Å². The second-order valence-corrected chi connectivity index (χ2v) is 5.39. The number of carbonyl (C=O) groups excluding carboxylic acids is 1. The SMILES string of the molecule is Cc1c(C(=O)Nc2ccccc2)sc2ncc(CN)n12. The van der Waals surface area contributed by atoms with Gasteiger partial charge < -0.3 is 11.1 Å². The molecule has 20 heavy (non-hydrogen) atoms. The maximum atomic E-state index is 12.3. The Morgan fingerprint density at radius 1 is 1.40 bits per heavy atom. The highest BCUT2D eigenvalue weighted by molar-refractivity contribution is 7.19. The van der Waals surface area contributed by atoms with Gasteiger partial charge in [0, 0.05) is 17.9 Å². The van der Waals surface area contributed by atoms with Gasteiger partial charge in [-0.25, -0.2) is 4.98 Å². The number of thiazole rings is 1. The number of fused-ring (bicyclic) bond motifs is 1. The van der Waals surface area contributed by atoms with Crippen LogP contribution in [0.25, 0.3) is 4.96 Å². The lowest BCUT2D eigenvalue weighted by atomic mass is 10.3. The fourth-order valence-corrected chi connectivity index (χ4v) is 3.15. The van der Waals surface area contributed by atoms with Gasteiger partial charge in [0.05, 0.1) is 11.9 Å². The van der Waals surface area contributed by atoms with E-state index in [1.54, 1.807) is 6.20 Å². The second kappa shape index (κ2) is 5.07. The van der Waals surface area contributed by atoms with Crippen LogP contribution in [-0.2, 0) is 6.54 Å². The summed E-state index contributed by atoms with van der Waals surface area (Å²) in [5, 5.41) is 2.89. The van der Waals surface area contributed by atoms with Gasteiger partial charge in [0.15, 0.2) is 4.96 Å². The molecule has 0 bridgehead atoms. The largest absolute Gasteiger partial charge is 0.325 e. The Balaban J connectivity index is 1.96. The molecule has 3 aromatic rings. The number of imidazole rings is 1. The zero-order chi connectivity index (χ0) is 14.1. The van der Waals surface area contributed by atoms with Crippen LogP contribution in [0.5, 0.6) is 0 Å². The van der Waals surface area contributed by atoms with Crippen molar-refractivity contribution in [2.75, 3.05) is 5.32 Å². The number of hydrogen-bond donors (Lipinski definition) is 2. The van der Waals surface area contributed by atoms with E-state index < -0.39 is 0 Å². The monoisotopic (exact) mass is 286 g/mol. The van der Waals surface area contributed by atoms with Gasteiger partial charge in [-0.15, -0.1) is 0 Å². The fourth-order valence-electron chi connectivity index (χ4n) is 2.13. The molecule has 102 valence electrons. The lowest BCUT2D eigenvalue weighted by Gasteiger charge is -2.04. The minimum Gasteiger partial charge on any atom is -0.325 e. The first kappa shape index (κ1) is 12.8. The van der Waals surface area contributed by atoms with E-state index in [-0.39, 0.29) is 5.91 Å². The standard InChI is InChI=1S/C14H14N4OS/c1-9-12(13(19)17-10-5-3-2-4-6-10)20-14-16-8-11(7-15)18(9)14/h2-6,8H,7,15H2,1H3,(H,17,19). The van der Waals surface area contributed by atoms with Crippen molar-refractivity contribution >= 4 is 27.9 Å². The maximum Gasteiger partial charge on any atom is 0.267 e. The van der Waals surface area contributed by atoms with E-state index in [0.717, 1.165) is 22.0 Å². The van der Waals surface area contributed by atoms with E-state index in [1.165, 1.54) is 11.3 Å². The summed E-state index contributed by atoms with van der Waals surface area (Å²) in [6.07, 6.45) is 1.75. The van der Waals surface area contributed by atoms with Gasteiger partial charge in [-0.1, -0.05) is 29.5 Å². The molecule has 0 saturated carbocycles. The van der Waals surface area contributed by atoms with Gasteiger partial charge in [-0.05, 0) is 19.1 Å². The minimum absolute atomic E-state index is 0.118. The molecule has 2 aromatic heterocycles. The molecular formula is C14H14N4OS. The third kappa shape index (κ3) is 2.09. The molecule has 0 fully saturated rings. The Labute approximate surface area is 120 Å². The molecule has 5 nitrogen and oxygen atoms in total. The zero-order valence-corrected chi connectivity index (χ0v) is 11.8. The normalized spacial score (nSPS) is 10.9. The first-order valence-electron chi connectivity index (χ1n) is 6.23. The zero-order valence-electron chi connectivity index (χ0n) is 11.0. The van der Waals surface area contributed by atoms with Crippen LogP contribution in [0.1, 0.15) is 21.1 Å². The summed E-state index contributed by atoms with van der Waals surface area (Å²) in [7, 11) is 0. The number of anilines is 1. The van der Waals surface area contributed by atoms with Crippen molar-refractivity contribution in [3.05, 3.63) is 52.8 Å². The number of aromatic nitrogens is 2. The van der Waals surface area contributed by atoms with Gasteiger partial charge in [0.1, 0.15) is 4.88 Å². The molecule has 0 aliphatic rings. The molecule has 0 saturated heterocycles. The molecule has 2 heterocycles. The Kier molecular flexibility index (Phi) is 3.25. The van der Waals surface area contributed by atoms with Crippen molar-refractivity contribution in [3.63, 3.8) is 0 Å². The summed E-state index contributed by atoms with van der Waals surface area (Å²) in [5.41, 5.74) is 8.24. The van der Waals surface area contributed by atoms with Crippen LogP contribution >= 0.6 is 11.3 Å². The number of hydrogen-bond acceptors (Lipinski definition) is 4. The second-order valence-electron chi connectivity index (χ2n) is 4.41. The lowest BCUT2D eigenvalue weighted by Crippen LogP contribution is -2.12. The van der Waals surface area contributed by atoms with Gasteiger partial charge in [0.25, 0.3) is 5.91 Å². The number of amides is 1. The smallest absolute Gasteiger partial charge is 0.267 e. The average molecular weight is 286 g/mol. The van der Waals surface area contributed by atoms with Crippen LogP contribution in [-0.4, -0.2) is 15.3 Å². The van der Waals surface area contributed by atoms with Gasteiger partial charge >= 0.3 is 0 Å². The highest BCUT2D eigenvalue weighted by atomic mass is 32.1. The van der Waals surface area contributed by atoms with Crippen LogP contribution in [0, 0.1) is 6.92 Å². The molecule has 6 heteroatoms. The molecule has 0 radical (unpaired) electrons. The molecule has 3 N–H and O–H groups in total. The van der Waals surface area contributed by atoms with Crippen molar-refractivity contribution in [2.45, 2.75) is 13.5 Å². The summed E-state index contributed by atoms with van der Waals surface area (Å²) in [5.74, 6) is -0.118. The number of nitrogens with two attached hydrogens (primary N) is 1. The number of carbonyl (C=O) groups is 1. The van der Waals surface area contributed by atoms with Crippen molar-refractivity contribution in [1.29, 1.82) is 0 Å². The molecule has 0 unspecified atom stereocenters. The van der Waals surface area contributed by atoms with Crippen molar-refractivity contribution in [1.82, 2.24) is 9.38 Å². The first-order valence-corrected chi connectivity index (χ1v) is 7.04. The van der Waals surface area contributed by atoms with Crippen LogP contribution in [0.2, 0.25) is 0 Å². The number of nitrogens with zero attached hydrogens (tertiary/aromatic N) is 2. The Morgan fingerprint density at radius 2 is 2.15 bits per heavy atom. The topological polar surface area (TPSA) is 72.4 Å². The number of nitrogens with one attached hydrogen (secondary N) is 1. The minimum atomic E-state index is -0.118. The molecule has 0 spiro atoms. The Hall–Kier alpha value is -2.18. The van der Waals surface area contributed by atoms with Crippen LogP contribution in [0.3, 0.4) is 0 Å². The van der Waals surface area contributed by atoms with E-state index in [1.807, 2.05) is 41.7 Å². The molecule has 0 aliphatic heterocycles. The number of aryl methyl sites for hydroxylation is 1.